The molecule has 4 nitrogen and oxygen atoms in total. The smallest absolute Gasteiger partial charge is 0.322 e. The van der Waals surface area contributed by atoms with E-state index in [1.807, 2.05) is 25.7 Å². The molecule has 0 aliphatic heterocycles. The number of rotatable bonds is 7. The van der Waals surface area contributed by atoms with E-state index in [4.69, 9.17) is 5.73 Å². The van der Waals surface area contributed by atoms with Crippen LogP contribution in [0.25, 0.3) is 0 Å². The van der Waals surface area contributed by atoms with Crippen LogP contribution in [-0.2, 0) is 0 Å². The number of nitrogens with zero attached hydrogens (tertiary/aromatic N) is 1. The maximum atomic E-state index is 12.9. The Morgan fingerprint density at radius 1 is 1.24 bits per heavy atom. The van der Waals surface area contributed by atoms with Crippen molar-refractivity contribution in [2.45, 2.75) is 45.6 Å². The molecular formula is C16H26FN3O. The summed E-state index contributed by atoms with van der Waals surface area (Å²) in [4.78, 5) is 14.4. The van der Waals surface area contributed by atoms with Gasteiger partial charge in [0.2, 0.25) is 0 Å². The van der Waals surface area contributed by atoms with Crippen molar-refractivity contribution in [3.63, 3.8) is 0 Å². The highest BCUT2D eigenvalue weighted by Crippen LogP contribution is 2.24. The van der Waals surface area contributed by atoms with Crippen LogP contribution in [0, 0.1) is 5.82 Å². The summed E-state index contributed by atoms with van der Waals surface area (Å²) < 4.78 is 12.9. The van der Waals surface area contributed by atoms with Crippen molar-refractivity contribution < 1.29 is 9.18 Å². The van der Waals surface area contributed by atoms with Crippen LogP contribution in [0.3, 0.4) is 0 Å². The van der Waals surface area contributed by atoms with E-state index >= 15 is 0 Å². The van der Waals surface area contributed by atoms with Gasteiger partial charge in [-0.05, 0) is 43.5 Å². The standard InChI is InChI=1S/C16H26FN3O/c1-4-11-20(16(5-2,6-3)12-18)15(21)19-14-9-7-13(17)8-10-14/h7-10H,4-6,11-12,18H2,1-3H3,(H,19,21). The predicted octanol–water partition coefficient (Wildman–Crippen LogP) is 3.59. The summed E-state index contributed by atoms with van der Waals surface area (Å²) in [6, 6.07) is 5.59. The minimum Gasteiger partial charge on any atom is -0.328 e. The van der Waals surface area contributed by atoms with Gasteiger partial charge in [-0.2, -0.15) is 0 Å². The van der Waals surface area contributed by atoms with Gasteiger partial charge in [-0.1, -0.05) is 20.8 Å². The summed E-state index contributed by atoms with van der Waals surface area (Å²) in [6.07, 6.45) is 2.46. The zero-order chi connectivity index (χ0) is 15.9. The minimum absolute atomic E-state index is 0.183. The summed E-state index contributed by atoms with van der Waals surface area (Å²) in [5.74, 6) is -0.322. The van der Waals surface area contributed by atoms with Crippen LogP contribution in [0.5, 0.6) is 0 Å². The molecule has 0 saturated heterocycles. The molecule has 0 saturated carbocycles. The average molecular weight is 295 g/mol. The molecule has 0 atom stereocenters. The first-order chi connectivity index (χ1) is 10.0. The van der Waals surface area contributed by atoms with Crippen LogP contribution in [0.15, 0.2) is 24.3 Å². The van der Waals surface area contributed by atoms with Crippen molar-refractivity contribution in [1.29, 1.82) is 0 Å². The Kier molecular flexibility index (Phi) is 6.62. The van der Waals surface area contributed by atoms with Crippen molar-refractivity contribution in [2.75, 3.05) is 18.4 Å². The quantitative estimate of drug-likeness (QED) is 0.807. The van der Waals surface area contributed by atoms with E-state index < -0.39 is 0 Å². The molecule has 0 unspecified atom stereocenters. The summed E-state index contributed by atoms with van der Waals surface area (Å²) in [5, 5.41) is 2.83. The van der Waals surface area contributed by atoms with Gasteiger partial charge in [-0.15, -0.1) is 0 Å². The maximum Gasteiger partial charge on any atom is 0.322 e. The Balaban J connectivity index is 2.93. The summed E-state index contributed by atoms with van der Waals surface area (Å²) in [6.45, 7) is 7.20. The number of halogens is 1. The Bertz CT molecular complexity index is 435. The van der Waals surface area contributed by atoms with Crippen LogP contribution < -0.4 is 11.1 Å². The third-order valence-electron chi connectivity index (χ3n) is 4.06. The van der Waals surface area contributed by atoms with Gasteiger partial charge in [0, 0.05) is 18.8 Å². The minimum atomic E-state index is -0.333. The summed E-state index contributed by atoms with van der Waals surface area (Å²) in [5.41, 5.74) is 6.19. The molecule has 118 valence electrons. The zero-order valence-corrected chi connectivity index (χ0v) is 13.2. The molecule has 0 heterocycles. The number of nitrogens with two attached hydrogens (primary N) is 1. The molecule has 0 aliphatic rings. The Hall–Kier alpha value is -1.62. The number of hydrogen-bond donors (Lipinski definition) is 2. The van der Waals surface area contributed by atoms with Crippen molar-refractivity contribution in [2.24, 2.45) is 5.73 Å². The SMILES string of the molecule is CCCN(C(=O)Nc1ccc(F)cc1)C(CC)(CC)CN. The second-order valence-corrected chi connectivity index (χ2v) is 5.22. The molecule has 1 rings (SSSR count). The normalized spacial score (nSPS) is 11.3. The lowest BCUT2D eigenvalue weighted by Gasteiger charge is -2.42. The zero-order valence-electron chi connectivity index (χ0n) is 13.2. The highest BCUT2D eigenvalue weighted by molar-refractivity contribution is 5.89. The first-order valence-corrected chi connectivity index (χ1v) is 7.57. The fraction of sp³-hybridized carbons (Fsp3) is 0.562. The highest BCUT2D eigenvalue weighted by Gasteiger charge is 2.35. The molecule has 0 spiro atoms. The first kappa shape index (κ1) is 17.4. The van der Waals surface area contributed by atoms with Crippen molar-refractivity contribution in [3.05, 3.63) is 30.1 Å². The topological polar surface area (TPSA) is 58.4 Å². The number of carbonyl (C=O) groups excluding carboxylic acids is 1. The largest absolute Gasteiger partial charge is 0.328 e. The molecule has 1 aromatic carbocycles. The Morgan fingerprint density at radius 2 is 1.81 bits per heavy atom. The van der Waals surface area contributed by atoms with Gasteiger partial charge in [-0.3, -0.25) is 0 Å². The molecule has 0 bridgehead atoms. The fourth-order valence-electron chi connectivity index (χ4n) is 2.53. The maximum absolute atomic E-state index is 12.9. The number of benzene rings is 1. The number of urea groups is 1. The van der Waals surface area contributed by atoms with E-state index in [0.717, 1.165) is 19.3 Å². The molecule has 0 aliphatic carbocycles. The molecule has 5 heteroatoms. The molecule has 0 fully saturated rings. The van der Waals surface area contributed by atoms with Gasteiger partial charge in [0.05, 0.1) is 5.54 Å². The first-order valence-electron chi connectivity index (χ1n) is 7.57. The van der Waals surface area contributed by atoms with E-state index in [1.54, 1.807) is 12.1 Å². The number of amides is 2. The highest BCUT2D eigenvalue weighted by atomic mass is 19.1. The van der Waals surface area contributed by atoms with Gasteiger partial charge >= 0.3 is 6.03 Å². The van der Waals surface area contributed by atoms with Crippen LogP contribution in [0.2, 0.25) is 0 Å². The second kappa shape index (κ2) is 7.98. The van der Waals surface area contributed by atoms with Crippen LogP contribution >= 0.6 is 0 Å². The van der Waals surface area contributed by atoms with E-state index in [2.05, 4.69) is 5.32 Å². The summed E-state index contributed by atoms with van der Waals surface area (Å²) >= 11 is 0. The van der Waals surface area contributed by atoms with Gasteiger partial charge in [0.15, 0.2) is 0 Å². The van der Waals surface area contributed by atoms with Crippen LogP contribution in [-0.4, -0.2) is 29.6 Å². The monoisotopic (exact) mass is 295 g/mol. The van der Waals surface area contributed by atoms with Crippen molar-refractivity contribution in [1.82, 2.24) is 4.90 Å². The predicted molar refractivity (Wildman–Crippen MR) is 84.8 cm³/mol. The van der Waals surface area contributed by atoms with E-state index in [-0.39, 0.29) is 17.4 Å². The lowest BCUT2D eigenvalue weighted by Crippen LogP contribution is -2.57. The third kappa shape index (κ3) is 4.17. The van der Waals surface area contributed by atoms with Crippen molar-refractivity contribution in [3.8, 4) is 0 Å². The third-order valence-corrected chi connectivity index (χ3v) is 4.06. The molecule has 0 aromatic heterocycles. The van der Waals surface area contributed by atoms with E-state index in [9.17, 15) is 9.18 Å². The van der Waals surface area contributed by atoms with Crippen LogP contribution in [0.4, 0.5) is 14.9 Å². The molecule has 2 amide bonds. The molecule has 3 N–H and O–H groups in total. The number of carbonyl (C=O) groups is 1. The molecule has 0 radical (unpaired) electrons. The Labute approximate surface area is 126 Å². The van der Waals surface area contributed by atoms with Gasteiger partial charge in [0.25, 0.3) is 0 Å². The van der Waals surface area contributed by atoms with E-state index in [1.165, 1.54) is 12.1 Å². The lowest BCUT2D eigenvalue weighted by molar-refractivity contribution is 0.118. The number of anilines is 1. The fourth-order valence-corrected chi connectivity index (χ4v) is 2.53. The van der Waals surface area contributed by atoms with Crippen molar-refractivity contribution >= 4 is 11.7 Å². The second-order valence-electron chi connectivity index (χ2n) is 5.22. The van der Waals surface area contributed by atoms with Gasteiger partial charge in [0.1, 0.15) is 5.82 Å². The van der Waals surface area contributed by atoms with Gasteiger partial charge in [-0.25, -0.2) is 9.18 Å². The van der Waals surface area contributed by atoms with E-state index in [0.29, 0.717) is 18.8 Å². The lowest BCUT2D eigenvalue weighted by atomic mass is 9.90. The number of hydrogen-bond acceptors (Lipinski definition) is 2. The molecule has 1 aromatic rings. The number of nitrogens with one attached hydrogen (secondary N) is 1. The Morgan fingerprint density at radius 3 is 2.24 bits per heavy atom. The molecular weight excluding hydrogens is 269 g/mol. The van der Waals surface area contributed by atoms with Gasteiger partial charge < -0.3 is 16.0 Å². The van der Waals surface area contributed by atoms with Crippen LogP contribution in [0.1, 0.15) is 40.0 Å². The molecule has 21 heavy (non-hydrogen) atoms. The average Bonchev–Trinajstić information content (AvgIpc) is 2.50. The summed E-state index contributed by atoms with van der Waals surface area (Å²) in [7, 11) is 0.